The lowest BCUT2D eigenvalue weighted by atomic mass is 10.2. The first kappa shape index (κ1) is 22.2. The third-order valence-corrected chi connectivity index (χ3v) is 9.14. The lowest BCUT2D eigenvalue weighted by Crippen LogP contribution is -2.38. The summed E-state index contributed by atoms with van der Waals surface area (Å²) in [7, 11) is -1.93. The van der Waals surface area contributed by atoms with Crippen LogP contribution in [-0.4, -0.2) is 0 Å². The second kappa shape index (κ2) is 9.89. The van der Waals surface area contributed by atoms with Crippen molar-refractivity contribution in [3.8, 4) is 0 Å². The highest BCUT2D eigenvalue weighted by atomic mass is 35.5. The minimum Gasteiger partial charge on any atom is -0.147 e. The Kier molecular flexibility index (Phi) is 7.84. The van der Waals surface area contributed by atoms with Gasteiger partial charge in [0.1, 0.15) is 28.5 Å². The van der Waals surface area contributed by atoms with Gasteiger partial charge >= 0.3 is 0 Å². The molecule has 0 saturated carbocycles. The number of benzene rings is 4. The number of halogens is 2. The highest BCUT2D eigenvalue weighted by molar-refractivity contribution is 8.01. The second-order valence-corrected chi connectivity index (χ2v) is 9.92. The molecule has 0 aliphatic rings. The van der Waals surface area contributed by atoms with Crippen LogP contribution in [0.4, 0.5) is 0 Å². The molecule has 0 spiro atoms. The van der Waals surface area contributed by atoms with Crippen molar-refractivity contribution in [1.29, 1.82) is 0 Å². The maximum absolute atomic E-state index is 2.32. The Hall–Kier alpha value is -2.11. The molecular formula is C25H24Cl2P+. The van der Waals surface area contributed by atoms with Crippen molar-refractivity contribution in [2.75, 3.05) is 0 Å². The number of rotatable bonds is 4. The molecule has 0 bridgehead atoms. The van der Waals surface area contributed by atoms with Crippen LogP contribution in [-0.2, 0) is 0 Å². The summed E-state index contributed by atoms with van der Waals surface area (Å²) < 4.78 is 0. The van der Waals surface area contributed by atoms with E-state index in [0.717, 1.165) is 0 Å². The maximum atomic E-state index is 2.32. The molecule has 4 aromatic carbocycles. The van der Waals surface area contributed by atoms with Gasteiger partial charge in [-0.2, -0.15) is 0 Å². The van der Waals surface area contributed by atoms with Crippen LogP contribution in [0.2, 0.25) is 0 Å². The molecule has 0 heterocycles. The Morgan fingerprint density at radius 2 is 0.679 bits per heavy atom. The fourth-order valence-corrected chi connectivity index (χ4v) is 7.86. The fourth-order valence-electron chi connectivity index (χ4n) is 3.62. The topological polar surface area (TPSA) is 0 Å². The molecule has 142 valence electrons. The molecular weight excluding hydrogens is 402 g/mol. The molecule has 0 unspecified atom stereocenters. The molecule has 0 aromatic heterocycles. The van der Waals surface area contributed by atoms with Crippen molar-refractivity contribution in [2.45, 2.75) is 6.92 Å². The molecule has 0 atom stereocenters. The van der Waals surface area contributed by atoms with Gasteiger partial charge in [-0.1, -0.05) is 72.3 Å². The van der Waals surface area contributed by atoms with Crippen LogP contribution >= 0.6 is 32.1 Å². The predicted octanol–water partition coefficient (Wildman–Crippen LogP) is 5.46. The highest BCUT2D eigenvalue weighted by Gasteiger charge is 2.47. The van der Waals surface area contributed by atoms with Crippen LogP contribution in [0.15, 0.2) is 115 Å². The predicted molar refractivity (Wildman–Crippen MR) is 130 cm³/mol. The summed E-state index contributed by atoms with van der Waals surface area (Å²) in [6.07, 6.45) is 0. The van der Waals surface area contributed by atoms with Gasteiger partial charge in [-0.15, -0.1) is 24.8 Å². The van der Waals surface area contributed by atoms with Crippen molar-refractivity contribution in [1.82, 2.24) is 0 Å². The summed E-state index contributed by atoms with van der Waals surface area (Å²) >= 11 is 0. The van der Waals surface area contributed by atoms with Crippen LogP contribution < -0.4 is 21.2 Å². The Balaban J connectivity index is 0.00000140. The first-order valence-corrected chi connectivity index (χ1v) is 10.7. The molecule has 0 aliphatic heterocycles. The van der Waals surface area contributed by atoms with E-state index >= 15 is 0 Å². The number of hydrogen-bond donors (Lipinski definition) is 0. The molecule has 0 saturated heterocycles. The van der Waals surface area contributed by atoms with Crippen molar-refractivity contribution < 1.29 is 0 Å². The van der Waals surface area contributed by atoms with Crippen LogP contribution in [0.5, 0.6) is 0 Å². The molecule has 4 rings (SSSR count). The minimum absolute atomic E-state index is 0. The van der Waals surface area contributed by atoms with Gasteiger partial charge in [0.2, 0.25) is 0 Å². The maximum Gasteiger partial charge on any atom is 0.144 e. The fraction of sp³-hybridized carbons (Fsp3) is 0.0400. The minimum atomic E-state index is -1.93. The normalized spacial score (nSPS) is 10.5. The van der Waals surface area contributed by atoms with E-state index < -0.39 is 7.26 Å². The third-order valence-electron chi connectivity index (χ3n) is 4.85. The molecule has 4 aromatic rings. The van der Waals surface area contributed by atoms with Gasteiger partial charge in [-0.25, -0.2) is 0 Å². The summed E-state index contributed by atoms with van der Waals surface area (Å²) in [5, 5.41) is 5.57. The summed E-state index contributed by atoms with van der Waals surface area (Å²) in [5.74, 6) is 0. The molecule has 0 N–H and O–H groups in total. The Morgan fingerprint density at radius 3 is 1.00 bits per heavy atom. The van der Waals surface area contributed by atoms with E-state index in [2.05, 4.69) is 122 Å². The summed E-state index contributed by atoms with van der Waals surface area (Å²) in [6, 6.07) is 42.1. The van der Waals surface area contributed by atoms with Gasteiger partial charge in [0.15, 0.2) is 0 Å². The quantitative estimate of drug-likeness (QED) is 0.381. The Morgan fingerprint density at radius 1 is 0.393 bits per heavy atom. The van der Waals surface area contributed by atoms with E-state index in [1.807, 2.05) is 0 Å². The average molecular weight is 426 g/mol. The summed E-state index contributed by atoms with van der Waals surface area (Å²) in [4.78, 5) is 0. The van der Waals surface area contributed by atoms with Gasteiger partial charge in [0, 0.05) is 0 Å². The van der Waals surface area contributed by atoms with Gasteiger partial charge in [0.05, 0.1) is 0 Å². The molecule has 0 fully saturated rings. The third kappa shape index (κ3) is 4.01. The lowest BCUT2D eigenvalue weighted by molar-refractivity contribution is 1.49. The number of hydrogen-bond acceptors (Lipinski definition) is 0. The second-order valence-electron chi connectivity index (χ2n) is 6.51. The standard InChI is InChI=1S/C25H22P.2ClH/c1-21-17-19-25(20-18-21)26(22-11-5-2-6-12-22,23-13-7-3-8-14-23)24-15-9-4-10-16-24;;/h2-20H,1H3;2*1H/q+1;;. The molecule has 0 radical (unpaired) electrons. The molecule has 28 heavy (non-hydrogen) atoms. The average Bonchev–Trinajstić information content (AvgIpc) is 2.72. The Labute approximate surface area is 180 Å². The smallest absolute Gasteiger partial charge is 0.144 e. The zero-order chi connectivity index (χ0) is 17.8. The van der Waals surface area contributed by atoms with Gasteiger partial charge < -0.3 is 0 Å². The molecule has 0 nitrogen and oxygen atoms in total. The number of aryl methyl sites for hydroxylation is 1. The first-order valence-electron chi connectivity index (χ1n) is 8.95. The van der Waals surface area contributed by atoms with Crippen LogP contribution in [0.1, 0.15) is 5.56 Å². The van der Waals surface area contributed by atoms with Crippen LogP contribution in [0.3, 0.4) is 0 Å². The van der Waals surface area contributed by atoms with E-state index in [1.54, 1.807) is 0 Å². The van der Waals surface area contributed by atoms with Gasteiger partial charge in [-0.05, 0) is 55.5 Å². The van der Waals surface area contributed by atoms with E-state index in [0.29, 0.717) is 0 Å². The van der Waals surface area contributed by atoms with Crippen molar-refractivity contribution in [3.63, 3.8) is 0 Å². The molecule has 3 heteroatoms. The monoisotopic (exact) mass is 425 g/mol. The zero-order valence-electron chi connectivity index (χ0n) is 15.7. The van der Waals surface area contributed by atoms with E-state index in [4.69, 9.17) is 0 Å². The SMILES string of the molecule is Cc1ccc([P+](c2ccccc2)(c2ccccc2)c2ccccc2)cc1.Cl.Cl. The Bertz CT molecular complexity index is 873. The van der Waals surface area contributed by atoms with Gasteiger partial charge in [-0.3, -0.25) is 0 Å². The van der Waals surface area contributed by atoms with E-state index in [9.17, 15) is 0 Å². The van der Waals surface area contributed by atoms with E-state index in [-0.39, 0.29) is 24.8 Å². The van der Waals surface area contributed by atoms with Crippen molar-refractivity contribution >= 4 is 53.3 Å². The zero-order valence-corrected chi connectivity index (χ0v) is 18.3. The largest absolute Gasteiger partial charge is 0.147 e. The molecule has 0 amide bonds. The summed E-state index contributed by atoms with van der Waals surface area (Å²) in [6.45, 7) is 2.15. The van der Waals surface area contributed by atoms with Crippen molar-refractivity contribution in [2.24, 2.45) is 0 Å². The van der Waals surface area contributed by atoms with Gasteiger partial charge in [0.25, 0.3) is 0 Å². The highest BCUT2D eigenvalue weighted by Crippen LogP contribution is 2.54. The van der Waals surface area contributed by atoms with E-state index in [1.165, 1.54) is 26.8 Å². The lowest BCUT2D eigenvalue weighted by Gasteiger charge is -2.27. The van der Waals surface area contributed by atoms with Crippen molar-refractivity contribution in [3.05, 3.63) is 121 Å². The summed E-state index contributed by atoms with van der Waals surface area (Å²) in [5.41, 5.74) is 1.29. The first-order chi connectivity index (χ1) is 12.8. The van der Waals surface area contributed by atoms with Crippen LogP contribution in [0.25, 0.3) is 0 Å². The van der Waals surface area contributed by atoms with Crippen LogP contribution in [0, 0.1) is 6.92 Å². The molecule has 0 aliphatic carbocycles.